The topological polar surface area (TPSA) is 4.93 Å². The van der Waals surface area contributed by atoms with Gasteiger partial charge in [-0.1, -0.05) is 30.0 Å². The number of aromatic nitrogens is 1. The Kier molecular flexibility index (Phi) is 2.64. The van der Waals surface area contributed by atoms with Crippen LogP contribution in [0.4, 0.5) is 0 Å². The highest BCUT2D eigenvalue weighted by molar-refractivity contribution is 7.99. The summed E-state index contributed by atoms with van der Waals surface area (Å²) in [6.45, 7) is 2.12. The zero-order valence-electron chi connectivity index (χ0n) is 8.40. The lowest BCUT2D eigenvalue weighted by Crippen LogP contribution is -1.91. The molecule has 2 rings (SSSR count). The molecule has 1 heterocycles. The van der Waals surface area contributed by atoms with Crippen LogP contribution < -0.4 is 0 Å². The van der Waals surface area contributed by atoms with E-state index in [4.69, 9.17) is 0 Å². The van der Waals surface area contributed by atoms with Gasteiger partial charge in [0.1, 0.15) is 0 Å². The van der Waals surface area contributed by atoms with Crippen LogP contribution in [-0.2, 0) is 7.05 Å². The van der Waals surface area contributed by atoms with Crippen molar-refractivity contribution in [1.29, 1.82) is 0 Å². The number of hydrogen-bond acceptors (Lipinski definition) is 1. The number of rotatable bonds is 2. The maximum absolute atomic E-state index is 2.21. The number of benzene rings is 1. The Bertz CT molecular complexity index is 417. The van der Waals surface area contributed by atoms with Crippen molar-refractivity contribution in [2.24, 2.45) is 7.05 Å². The van der Waals surface area contributed by atoms with Crippen LogP contribution in [0.3, 0.4) is 0 Å². The largest absolute Gasteiger partial charge is 0.343 e. The first-order valence-electron chi connectivity index (χ1n) is 4.62. The molecule has 1 aromatic heterocycles. The van der Waals surface area contributed by atoms with E-state index in [0.717, 1.165) is 0 Å². The van der Waals surface area contributed by atoms with E-state index in [9.17, 15) is 0 Å². The van der Waals surface area contributed by atoms with Gasteiger partial charge in [-0.3, -0.25) is 0 Å². The van der Waals surface area contributed by atoms with E-state index in [1.54, 1.807) is 11.8 Å². The van der Waals surface area contributed by atoms with Crippen LogP contribution in [0.5, 0.6) is 0 Å². The molecule has 0 spiro atoms. The molecular formula is C12H13NS. The van der Waals surface area contributed by atoms with Crippen molar-refractivity contribution < 1.29 is 0 Å². The monoisotopic (exact) mass is 203 g/mol. The molecule has 0 aliphatic rings. The molecule has 2 aromatic rings. The summed E-state index contributed by atoms with van der Waals surface area (Å²) in [4.78, 5) is 1.29. The van der Waals surface area contributed by atoms with Crippen LogP contribution in [0.2, 0.25) is 0 Å². The van der Waals surface area contributed by atoms with Gasteiger partial charge in [0.25, 0.3) is 0 Å². The summed E-state index contributed by atoms with van der Waals surface area (Å²) in [6.07, 6.45) is 0. The molecule has 14 heavy (non-hydrogen) atoms. The molecular weight excluding hydrogens is 190 g/mol. The molecule has 0 N–H and O–H groups in total. The number of nitrogens with zero attached hydrogens (tertiary/aromatic N) is 1. The molecule has 0 unspecified atom stereocenters. The predicted molar refractivity (Wildman–Crippen MR) is 60.7 cm³/mol. The van der Waals surface area contributed by atoms with Crippen LogP contribution in [0.15, 0.2) is 52.4 Å². The lowest BCUT2D eigenvalue weighted by Gasteiger charge is -2.04. The van der Waals surface area contributed by atoms with Crippen LogP contribution in [0, 0.1) is 6.92 Å². The third-order valence-corrected chi connectivity index (χ3v) is 3.42. The summed E-state index contributed by atoms with van der Waals surface area (Å²) in [5.41, 5.74) is 1.29. The second-order valence-corrected chi connectivity index (χ2v) is 4.38. The van der Waals surface area contributed by atoms with Gasteiger partial charge in [0, 0.05) is 17.6 Å². The van der Waals surface area contributed by atoms with Gasteiger partial charge in [-0.05, 0) is 31.2 Å². The van der Waals surface area contributed by atoms with E-state index < -0.39 is 0 Å². The van der Waals surface area contributed by atoms with Gasteiger partial charge in [0.05, 0.1) is 5.03 Å². The van der Waals surface area contributed by atoms with Gasteiger partial charge in [0.15, 0.2) is 0 Å². The lowest BCUT2D eigenvalue weighted by atomic mass is 10.4. The maximum Gasteiger partial charge on any atom is 0.0795 e. The summed E-state index contributed by atoms with van der Waals surface area (Å²) >= 11 is 1.80. The van der Waals surface area contributed by atoms with Crippen molar-refractivity contribution in [2.45, 2.75) is 16.8 Å². The van der Waals surface area contributed by atoms with Crippen LogP contribution >= 0.6 is 11.8 Å². The fourth-order valence-electron chi connectivity index (χ4n) is 1.30. The Morgan fingerprint density at radius 3 is 2.29 bits per heavy atom. The highest BCUT2D eigenvalue weighted by Gasteiger charge is 2.02. The predicted octanol–water partition coefficient (Wildman–Crippen LogP) is 3.48. The molecule has 0 amide bonds. The van der Waals surface area contributed by atoms with E-state index >= 15 is 0 Å². The summed E-state index contributed by atoms with van der Waals surface area (Å²) in [6, 6.07) is 14.7. The Balaban J connectivity index is 2.23. The second-order valence-electron chi connectivity index (χ2n) is 3.29. The molecule has 0 aliphatic heterocycles. The van der Waals surface area contributed by atoms with Gasteiger partial charge in [-0.25, -0.2) is 0 Å². The standard InChI is InChI=1S/C12H13NS/c1-10-8-9-12(13(10)2)14-11-6-4-3-5-7-11/h3-9H,1-2H3. The first kappa shape index (κ1) is 9.41. The van der Waals surface area contributed by atoms with Crippen LogP contribution in [0.1, 0.15) is 5.69 Å². The van der Waals surface area contributed by atoms with E-state index in [2.05, 4.69) is 54.9 Å². The molecule has 0 bridgehead atoms. The fraction of sp³-hybridized carbons (Fsp3) is 0.167. The van der Waals surface area contributed by atoms with Gasteiger partial charge in [-0.15, -0.1) is 0 Å². The minimum atomic E-state index is 1.29. The van der Waals surface area contributed by atoms with Gasteiger partial charge >= 0.3 is 0 Å². The van der Waals surface area contributed by atoms with Crippen molar-refractivity contribution in [3.8, 4) is 0 Å². The number of aryl methyl sites for hydroxylation is 1. The highest BCUT2D eigenvalue weighted by Crippen LogP contribution is 2.27. The van der Waals surface area contributed by atoms with Crippen molar-refractivity contribution in [3.05, 3.63) is 48.2 Å². The normalized spacial score (nSPS) is 10.4. The highest BCUT2D eigenvalue weighted by atomic mass is 32.2. The zero-order valence-corrected chi connectivity index (χ0v) is 9.21. The quantitative estimate of drug-likeness (QED) is 0.723. The zero-order chi connectivity index (χ0) is 9.97. The smallest absolute Gasteiger partial charge is 0.0795 e. The average molecular weight is 203 g/mol. The minimum absolute atomic E-state index is 1.29. The van der Waals surface area contributed by atoms with Gasteiger partial charge in [0.2, 0.25) is 0 Å². The van der Waals surface area contributed by atoms with Crippen molar-refractivity contribution in [2.75, 3.05) is 0 Å². The molecule has 2 heteroatoms. The van der Waals surface area contributed by atoms with E-state index in [0.29, 0.717) is 0 Å². The summed E-state index contributed by atoms with van der Waals surface area (Å²) < 4.78 is 2.21. The first-order chi connectivity index (χ1) is 6.77. The van der Waals surface area contributed by atoms with Gasteiger partial charge in [-0.2, -0.15) is 0 Å². The van der Waals surface area contributed by atoms with Crippen molar-refractivity contribution >= 4 is 11.8 Å². The molecule has 1 aromatic carbocycles. The third kappa shape index (κ3) is 1.85. The van der Waals surface area contributed by atoms with E-state index in [1.807, 2.05) is 6.07 Å². The van der Waals surface area contributed by atoms with E-state index in [1.165, 1.54) is 15.6 Å². The van der Waals surface area contributed by atoms with Gasteiger partial charge < -0.3 is 4.57 Å². The Labute approximate surface area is 88.8 Å². The molecule has 0 atom stereocenters. The first-order valence-corrected chi connectivity index (χ1v) is 5.44. The third-order valence-electron chi connectivity index (χ3n) is 2.29. The summed E-state index contributed by atoms with van der Waals surface area (Å²) in [7, 11) is 2.10. The Hall–Kier alpha value is -1.15. The Morgan fingerprint density at radius 2 is 1.71 bits per heavy atom. The van der Waals surface area contributed by atoms with Crippen molar-refractivity contribution in [1.82, 2.24) is 4.57 Å². The lowest BCUT2D eigenvalue weighted by molar-refractivity contribution is 0.795. The molecule has 0 radical (unpaired) electrons. The Morgan fingerprint density at radius 1 is 1.00 bits per heavy atom. The van der Waals surface area contributed by atoms with Crippen LogP contribution in [-0.4, -0.2) is 4.57 Å². The van der Waals surface area contributed by atoms with Crippen LogP contribution in [0.25, 0.3) is 0 Å². The maximum atomic E-state index is 2.21. The fourth-order valence-corrected chi connectivity index (χ4v) is 2.25. The van der Waals surface area contributed by atoms with Crippen molar-refractivity contribution in [3.63, 3.8) is 0 Å². The molecule has 0 fully saturated rings. The molecule has 0 saturated carbocycles. The molecule has 72 valence electrons. The molecule has 1 nitrogen and oxygen atoms in total. The summed E-state index contributed by atoms with van der Waals surface area (Å²) in [5, 5.41) is 1.29. The minimum Gasteiger partial charge on any atom is -0.343 e. The average Bonchev–Trinajstić information content (AvgIpc) is 2.52. The summed E-state index contributed by atoms with van der Waals surface area (Å²) in [5.74, 6) is 0. The van der Waals surface area contributed by atoms with E-state index in [-0.39, 0.29) is 0 Å². The second kappa shape index (κ2) is 3.93. The molecule has 0 aliphatic carbocycles. The number of hydrogen-bond donors (Lipinski definition) is 0. The molecule has 0 saturated heterocycles. The SMILES string of the molecule is Cc1ccc(Sc2ccccc2)n1C.